The molecule has 1 aromatic heterocycles. The Morgan fingerprint density at radius 2 is 2.08 bits per heavy atom. The maximum Gasteiger partial charge on any atom is 0.310 e. The number of aromatic nitrogens is 1. The lowest BCUT2D eigenvalue weighted by Crippen LogP contribution is -2.39. The van der Waals surface area contributed by atoms with E-state index in [2.05, 4.69) is 15.6 Å². The van der Waals surface area contributed by atoms with Crippen molar-refractivity contribution in [2.24, 2.45) is 5.41 Å². The molecule has 0 aromatic carbocycles. The topological polar surface area (TPSA) is 135 Å². The Hall–Kier alpha value is -2.90. The molecule has 0 aliphatic carbocycles. The Balaban J connectivity index is 2.91. The number of allylic oxidation sites excluding steroid dienone is 1. The van der Waals surface area contributed by atoms with Crippen LogP contribution in [0, 0.1) is 10.8 Å². The molecule has 1 rings (SSSR count). The molecule has 0 spiro atoms. The molecule has 136 valence electrons. The lowest BCUT2D eigenvalue weighted by molar-refractivity contribution is -0.146. The molecule has 1 heterocycles. The number of carboxylic acid groups (broad SMARTS) is 1. The number of nitrogens with zero attached hydrogens (tertiary/aromatic N) is 1. The molecule has 0 radical (unpaired) electrons. The summed E-state index contributed by atoms with van der Waals surface area (Å²) in [5.74, 6) is -2.05. The van der Waals surface area contributed by atoms with Crippen molar-refractivity contribution in [3.05, 3.63) is 29.7 Å². The summed E-state index contributed by atoms with van der Waals surface area (Å²) in [5, 5.41) is 32.0. The maximum atomic E-state index is 12.1. The highest BCUT2D eigenvalue weighted by atomic mass is 16.4. The van der Waals surface area contributed by atoms with Gasteiger partial charge in [-0.1, -0.05) is 6.92 Å². The number of aromatic hydroxyl groups is 1. The molecule has 0 atom stereocenters. The number of nitrogens with one attached hydrogen (secondary N) is 3. The van der Waals surface area contributed by atoms with E-state index in [0.29, 0.717) is 11.1 Å². The van der Waals surface area contributed by atoms with Crippen molar-refractivity contribution in [2.45, 2.75) is 27.2 Å². The second-order valence-electron chi connectivity index (χ2n) is 6.16. The van der Waals surface area contributed by atoms with Crippen molar-refractivity contribution in [2.75, 3.05) is 13.1 Å². The molecule has 1 amide bonds. The summed E-state index contributed by atoms with van der Waals surface area (Å²) in [5.41, 5.74) is -0.337. The van der Waals surface area contributed by atoms with E-state index >= 15 is 0 Å². The van der Waals surface area contributed by atoms with Gasteiger partial charge < -0.3 is 26.3 Å². The van der Waals surface area contributed by atoms with Gasteiger partial charge in [0.05, 0.1) is 5.41 Å². The lowest BCUT2D eigenvalue weighted by atomic mass is 9.94. The van der Waals surface area contributed by atoms with Crippen LogP contribution in [0.4, 0.5) is 0 Å². The van der Waals surface area contributed by atoms with Crippen LogP contribution in [0.1, 0.15) is 43.2 Å². The summed E-state index contributed by atoms with van der Waals surface area (Å²) in [6, 6.07) is 1.34. The van der Waals surface area contributed by atoms with Gasteiger partial charge in [-0.15, -0.1) is 0 Å². The first-order chi connectivity index (χ1) is 11.7. The Morgan fingerprint density at radius 3 is 2.60 bits per heavy atom. The zero-order chi connectivity index (χ0) is 19.0. The minimum absolute atomic E-state index is 0.101. The Bertz CT molecular complexity index is 683. The SMILES string of the molecule is CCCN/C=C(\C=N)c1cnc(C(=O)NCC(C)(C)C(=O)O)c(O)c1. The molecule has 0 aliphatic rings. The highest BCUT2D eigenvalue weighted by Crippen LogP contribution is 2.21. The maximum absolute atomic E-state index is 12.1. The van der Waals surface area contributed by atoms with Gasteiger partial charge in [-0.2, -0.15) is 0 Å². The van der Waals surface area contributed by atoms with Crippen molar-refractivity contribution in [3.63, 3.8) is 0 Å². The molecule has 0 unspecified atom stereocenters. The minimum Gasteiger partial charge on any atom is -0.505 e. The number of rotatable bonds is 9. The summed E-state index contributed by atoms with van der Waals surface area (Å²) in [6.07, 6.45) is 5.06. The van der Waals surface area contributed by atoms with Crippen LogP contribution >= 0.6 is 0 Å². The van der Waals surface area contributed by atoms with E-state index in [1.165, 1.54) is 26.1 Å². The van der Waals surface area contributed by atoms with Crippen LogP contribution in [0.3, 0.4) is 0 Å². The molecule has 8 nitrogen and oxygen atoms in total. The van der Waals surface area contributed by atoms with Crippen molar-refractivity contribution < 1.29 is 19.8 Å². The fourth-order valence-electron chi connectivity index (χ4n) is 1.78. The molecular weight excluding hydrogens is 324 g/mol. The molecule has 5 N–H and O–H groups in total. The molecule has 0 saturated heterocycles. The average Bonchev–Trinajstić information content (AvgIpc) is 2.56. The van der Waals surface area contributed by atoms with E-state index in [1.54, 1.807) is 6.20 Å². The Labute approximate surface area is 146 Å². The van der Waals surface area contributed by atoms with Gasteiger partial charge in [0.1, 0.15) is 5.75 Å². The molecule has 0 saturated carbocycles. The predicted octanol–water partition coefficient (Wildman–Crippen LogP) is 1.62. The highest BCUT2D eigenvalue weighted by Gasteiger charge is 2.28. The molecule has 0 aliphatic heterocycles. The second-order valence-corrected chi connectivity index (χ2v) is 6.16. The van der Waals surface area contributed by atoms with Crippen LogP contribution in [0.25, 0.3) is 5.57 Å². The van der Waals surface area contributed by atoms with E-state index in [1.807, 2.05) is 6.92 Å². The summed E-state index contributed by atoms with van der Waals surface area (Å²) in [4.78, 5) is 27.1. The molecule has 1 aromatic rings. The number of carbonyl (C=O) groups excluding carboxylic acids is 1. The quantitative estimate of drug-likeness (QED) is 0.340. The first-order valence-electron chi connectivity index (χ1n) is 7.88. The van der Waals surface area contributed by atoms with Gasteiger partial charge in [0.25, 0.3) is 5.91 Å². The number of aliphatic carboxylic acids is 1. The summed E-state index contributed by atoms with van der Waals surface area (Å²) < 4.78 is 0. The van der Waals surface area contributed by atoms with Crippen LogP contribution in [0.5, 0.6) is 5.75 Å². The molecule has 8 heteroatoms. The summed E-state index contributed by atoms with van der Waals surface area (Å²) in [7, 11) is 0. The van der Waals surface area contributed by atoms with Gasteiger partial charge in [-0.05, 0) is 26.3 Å². The number of hydrogen-bond donors (Lipinski definition) is 5. The molecule has 0 fully saturated rings. The van der Waals surface area contributed by atoms with Crippen molar-refractivity contribution in [1.82, 2.24) is 15.6 Å². The van der Waals surface area contributed by atoms with E-state index in [0.717, 1.165) is 19.2 Å². The molecular formula is C17H24N4O4. The molecule has 0 bridgehead atoms. The monoisotopic (exact) mass is 348 g/mol. The fourth-order valence-corrected chi connectivity index (χ4v) is 1.78. The zero-order valence-electron chi connectivity index (χ0n) is 14.6. The fraction of sp³-hybridized carbons (Fsp3) is 0.412. The van der Waals surface area contributed by atoms with E-state index in [9.17, 15) is 14.7 Å². The second kappa shape index (κ2) is 8.81. The predicted molar refractivity (Wildman–Crippen MR) is 94.7 cm³/mol. The highest BCUT2D eigenvalue weighted by molar-refractivity contribution is 6.08. The minimum atomic E-state index is -1.13. The van der Waals surface area contributed by atoms with E-state index in [4.69, 9.17) is 10.5 Å². The number of carboxylic acids is 1. The van der Waals surface area contributed by atoms with Crippen LogP contribution < -0.4 is 10.6 Å². The zero-order valence-corrected chi connectivity index (χ0v) is 14.6. The van der Waals surface area contributed by atoms with Gasteiger partial charge >= 0.3 is 5.97 Å². The third-order valence-corrected chi connectivity index (χ3v) is 3.49. The largest absolute Gasteiger partial charge is 0.505 e. The number of hydrogen-bond acceptors (Lipinski definition) is 6. The standard InChI is InChI=1S/C17H24N4O4/c1-4-5-19-8-12(7-18)11-6-13(22)14(20-9-11)15(23)21-10-17(2,3)16(24)25/h6-9,18-19,22H,4-5,10H2,1-3H3,(H,21,23)(H,24,25)/b12-8+,18-7?. The van der Waals surface area contributed by atoms with Crippen molar-refractivity contribution in [1.29, 1.82) is 5.41 Å². The first kappa shape index (κ1) is 20.1. The van der Waals surface area contributed by atoms with Gasteiger partial charge in [0.15, 0.2) is 5.69 Å². The van der Waals surface area contributed by atoms with Crippen molar-refractivity contribution in [3.8, 4) is 5.75 Å². The van der Waals surface area contributed by atoms with Gasteiger partial charge in [-0.25, -0.2) is 4.98 Å². The van der Waals surface area contributed by atoms with E-state index in [-0.39, 0.29) is 18.0 Å². The van der Waals surface area contributed by atoms with Crippen LogP contribution in [-0.2, 0) is 4.79 Å². The number of amides is 1. The average molecular weight is 348 g/mol. The number of carbonyl (C=O) groups is 2. The molecule has 25 heavy (non-hydrogen) atoms. The van der Waals surface area contributed by atoms with Gasteiger partial charge in [0, 0.05) is 42.8 Å². The third-order valence-electron chi connectivity index (χ3n) is 3.49. The number of pyridine rings is 1. The Kier molecular flexibility index (Phi) is 7.10. The summed E-state index contributed by atoms with van der Waals surface area (Å²) >= 11 is 0. The normalized spacial score (nSPS) is 11.7. The van der Waals surface area contributed by atoms with E-state index < -0.39 is 17.3 Å². The van der Waals surface area contributed by atoms with Crippen LogP contribution in [-0.4, -0.2) is 46.4 Å². The smallest absolute Gasteiger partial charge is 0.310 e. The first-order valence-corrected chi connectivity index (χ1v) is 7.88. The van der Waals surface area contributed by atoms with Gasteiger partial charge in [0.2, 0.25) is 0 Å². The third kappa shape index (κ3) is 5.59. The van der Waals surface area contributed by atoms with Crippen LogP contribution in [0.15, 0.2) is 18.5 Å². The van der Waals surface area contributed by atoms with Crippen LogP contribution in [0.2, 0.25) is 0 Å². The Morgan fingerprint density at radius 1 is 1.40 bits per heavy atom. The van der Waals surface area contributed by atoms with Crippen molar-refractivity contribution >= 4 is 23.7 Å². The van der Waals surface area contributed by atoms with Gasteiger partial charge in [-0.3, -0.25) is 9.59 Å². The summed E-state index contributed by atoms with van der Waals surface area (Å²) in [6.45, 7) is 5.62. The lowest BCUT2D eigenvalue weighted by Gasteiger charge is -2.19.